The molecule has 2 heterocycles. The summed E-state index contributed by atoms with van der Waals surface area (Å²) in [5, 5.41) is 3.14. The summed E-state index contributed by atoms with van der Waals surface area (Å²) in [6.45, 7) is 4.90. The largest absolute Gasteiger partial charge is 0.355 e. The minimum Gasteiger partial charge on any atom is -0.355 e. The van der Waals surface area contributed by atoms with Gasteiger partial charge in [0.25, 0.3) is 0 Å². The van der Waals surface area contributed by atoms with Gasteiger partial charge in [-0.3, -0.25) is 14.8 Å². The fraction of sp³-hybridized carbons (Fsp3) is 0.533. The van der Waals surface area contributed by atoms with Crippen LogP contribution in [0.3, 0.4) is 0 Å². The summed E-state index contributed by atoms with van der Waals surface area (Å²) in [6.07, 6.45) is 2.83. The van der Waals surface area contributed by atoms with E-state index in [1.54, 1.807) is 24.9 Å². The van der Waals surface area contributed by atoms with Gasteiger partial charge in [-0.05, 0) is 12.1 Å². The molecule has 1 aliphatic rings. The smallest absolute Gasteiger partial charge is 0.242 e. The van der Waals surface area contributed by atoms with Crippen LogP contribution in [0.4, 0.5) is 0 Å². The molecule has 1 aromatic rings. The molecule has 2 N–H and O–H groups in total. The zero-order valence-electron chi connectivity index (χ0n) is 14.9. The summed E-state index contributed by atoms with van der Waals surface area (Å²) in [7, 11) is -1.88. The predicted molar refractivity (Wildman–Crippen MR) is 110 cm³/mol. The van der Waals surface area contributed by atoms with E-state index in [0.717, 1.165) is 0 Å². The van der Waals surface area contributed by atoms with Crippen LogP contribution in [-0.2, 0) is 14.8 Å². The van der Waals surface area contributed by atoms with Crippen molar-refractivity contribution in [2.75, 3.05) is 46.3 Å². The topological polar surface area (TPSA) is 107 Å². The molecule has 1 aromatic heterocycles. The number of pyridine rings is 1. The predicted octanol–water partition coefficient (Wildman–Crippen LogP) is -0.283. The average molecular weight is 496 g/mol. The third-order valence-corrected chi connectivity index (χ3v) is 5.33. The Morgan fingerprint density at radius 3 is 2.42 bits per heavy atom. The normalized spacial score (nSPS) is 15.4. The maximum atomic E-state index is 12.1. The van der Waals surface area contributed by atoms with Gasteiger partial charge in [-0.2, -0.15) is 0 Å². The van der Waals surface area contributed by atoms with E-state index in [1.807, 2.05) is 0 Å². The van der Waals surface area contributed by atoms with Gasteiger partial charge < -0.3 is 15.1 Å². The highest BCUT2D eigenvalue weighted by Crippen LogP contribution is 2.05. The van der Waals surface area contributed by atoms with E-state index < -0.39 is 10.0 Å². The molecule has 0 unspecified atom stereocenters. The lowest BCUT2D eigenvalue weighted by atomic mass is 10.3. The third kappa shape index (κ3) is 6.36. The standard InChI is InChI=1S/C15H24N6O3S.HI/c1-13(22)20-8-10-21(11-9-20)15(16-2)18-6-7-19-25(23,24)14-4-3-5-17-12-14;/h3-5,12,19H,6-11H2,1-2H3,(H,16,18);1H. The Morgan fingerprint density at radius 2 is 1.88 bits per heavy atom. The number of guanidine groups is 1. The number of aliphatic imine (C=N–C) groups is 1. The first-order chi connectivity index (χ1) is 11.9. The first-order valence-corrected chi connectivity index (χ1v) is 9.53. The third-order valence-electron chi connectivity index (χ3n) is 3.88. The Morgan fingerprint density at radius 1 is 1.23 bits per heavy atom. The summed E-state index contributed by atoms with van der Waals surface area (Å²) in [6, 6.07) is 3.07. The molecule has 2 rings (SSSR count). The van der Waals surface area contributed by atoms with Gasteiger partial charge in [0.05, 0.1) is 0 Å². The number of nitrogens with one attached hydrogen (secondary N) is 2. The summed E-state index contributed by atoms with van der Waals surface area (Å²) >= 11 is 0. The first-order valence-electron chi connectivity index (χ1n) is 8.05. The van der Waals surface area contributed by atoms with Crippen LogP contribution in [0.25, 0.3) is 0 Å². The Bertz CT molecular complexity index is 705. The van der Waals surface area contributed by atoms with Crippen LogP contribution in [0.1, 0.15) is 6.92 Å². The second-order valence-electron chi connectivity index (χ2n) is 5.55. The number of hydrogen-bond acceptors (Lipinski definition) is 5. The highest BCUT2D eigenvalue weighted by Gasteiger charge is 2.20. The summed E-state index contributed by atoms with van der Waals surface area (Å²) in [4.78, 5) is 23.4. The van der Waals surface area contributed by atoms with E-state index in [4.69, 9.17) is 0 Å². The van der Waals surface area contributed by atoms with E-state index in [-0.39, 0.29) is 41.3 Å². The van der Waals surface area contributed by atoms with Crippen molar-refractivity contribution in [3.63, 3.8) is 0 Å². The lowest BCUT2D eigenvalue weighted by Crippen LogP contribution is -2.54. The molecule has 0 bridgehead atoms. The fourth-order valence-corrected chi connectivity index (χ4v) is 3.51. The number of hydrogen-bond donors (Lipinski definition) is 2. The molecule has 1 saturated heterocycles. The minimum atomic E-state index is -3.56. The molecular weight excluding hydrogens is 471 g/mol. The molecule has 0 spiro atoms. The van der Waals surface area contributed by atoms with Crippen molar-refractivity contribution >= 4 is 45.9 Å². The molecule has 1 aliphatic heterocycles. The number of halogens is 1. The summed E-state index contributed by atoms with van der Waals surface area (Å²) < 4.78 is 26.7. The van der Waals surface area contributed by atoms with E-state index in [2.05, 4.69) is 24.9 Å². The number of piperazine rings is 1. The number of amides is 1. The van der Waals surface area contributed by atoms with Crippen LogP contribution in [0.2, 0.25) is 0 Å². The molecule has 1 amide bonds. The number of rotatable bonds is 5. The highest BCUT2D eigenvalue weighted by atomic mass is 127. The van der Waals surface area contributed by atoms with Crippen molar-refractivity contribution in [2.45, 2.75) is 11.8 Å². The Balaban J connectivity index is 0.00000338. The van der Waals surface area contributed by atoms with Gasteiger partial charge >= 0.3 is 0 Å². The van der Waals surface area contributed by atoms with E-state index in [9.17, 15) is 13.2 Å². The van der Waals surface area contributed by atoms with Crippen LogP contribution in [0, 0.1) is 0 Å². The van der Waals surface area contributed by atoms with E-state index in [1.165, 1.54) is 18.5 Å². The molecule has 0 radical (unpaired) electrons. The molecule has 0 saturated carbocycles. The maximum Gasteiger partial charge on any atom is 0.242 e. The van der Waals surface area contributed by atoms with Crippen LogP contribution >= 0.6 is 24.0 Å². The number of aromatic nitrogens is 1. The minimum absolute atomic E-state index is 0. The van der Waals surface area contributed by atoms with Gasteiger partial charge in [0.15, 0.2) is 5.96 Å². The Labute approximate surface area is 171 Å². The van der Waals surface area contributed by atoms with E-state index >= 15 is 0 Å². The van der Waals surface area contributed by atoms with Crippen molar-refractivity contribution in [1.29, 1.82) is 0 Å². The first kappa shape index (κ1) is 22.6. The van der Waals surface area contributed by atoms with Gasteiger partial charge in [-0.25, -0.2) is 13.1 Å². The van der Waals surface area contributed by atoms with Crippen molar-refractivity contribution < 1.29 is 13.2 Å². The van der Waals surface area contributed by atoms with Crippen LogP contribution in [0.5, 0.6) is 0 Å². The second-order valence-corrected chi connectivity index (χ2v) is 7.32. The Hall–Kier alpha value is -1.47. The quantitative estimate of drug-likeness (QED) is 0.251. The monoisotopic (exact) mass is 496 g/mol. The van der Waals surface area contributed by atoms with Crippen LogP contribution in [0.15, 0.2) is 34.4 Å². The van der Waals surface area contributed by atoms with Gasteiger partial charge in [0.2, 0.25) is 15.9 Å². The molecule has 9 nitrogen and oxygen atoms in total. The summed E-state index contributed by atoms with van der Waals surface area (Å²) in [5.74, 6) is 0.774. The maximum absolute atomic E-state index is 12.1. The number of sulfonamides is 1. The Kier molecular flexibility index (Phi) is 9.22. The van der Waals surface area contributed by atoms with Crippen molar-refractivity contribution in [2.24, 2.45) is 4.99 Å². The number of carbonyl (C=O) groups is 1. The van der Waals surface area contributed by atoms with Gasteiger partial charge in [0, 0.05) is 65.6 Å². The molecule has 0 atom stereocenters. The zero-order chi connectivity index (χ0) is 18.3. The van der Waals surface area contributed by atoms with Crippen LogP contribution in [-0.4, -0.2) is 81.4 Å². The average Bonchev–Trinajstić information content (AvgIpc) is 2.62. The molecule has 0 aliphatic carbocycles. The molecule has 26 heavy (non-hydrogen) atoms. The summed E-state index contributed by atoms with van der Waals surface area (Å²) in [5.41, 5.74) is 0. The highest BCUT2D eigenvalue weighted by molar-refractivity contribution is 14.0. The van der Waals surface area contributed by atoms with Gasteiger partial charge in [-0.1, -0.05) is 0 Å². The van der Waals surface area contributed by atoms with Crippen molar-refractivity contribution in [1.82, 2.24) is 24.8 Å². The lowest BCUT2D eigenvalue weighted by Gasteiger charge is -2.36. The zero-order valence-corrected chi connectivity index (χ0v) is 18.0. The number of carbonyl (C=O) groups excluding carboxylic acids is 1. The fourth-order valence-electron chi connectivity index (χ4n) is 2.51. The van der Waals surface area contributed by atoms with Crippen LogP contribution < -0.4 is 10.0 Å². The molecule has 11 heteroatoms. The molecule has 0 aromatic carbocycles. The van der Waals surface area contributed by atoms with Gasteiger partial charge in [0.1, 0.15) is 4.90 Å². The SMILES string of the molecule is CN=C(NCCNS(=O)(=O)c1cccnc1)N1CCN(C(C)=O)CC1.I. The lowest BCUT2D eigenvalue weighted by molar-refractivity contribution is -0.130. The van der Waals surface area contributed by atoms with Gasteiger partial charge in [-0.15, -0.1) is 24.0 Å². The van der Waals surface area contributed by atoms with E-state index in [0.29, 0.717) is 38.7 Å². The van der Waals surface area contributed by atoms with Crippen molar-refractivity contribution in [3.8, 4) is 0 Å². The van der Waals surface area contributed by atoms with Crippen molar-refractivity contribution in [3.05, 3.63) is 24.5 Å². The molecule has 1 fully saturated rings. The molecule has 146 valence electrons. The second kappa shape index (κ2) is 10.6. The molecular formula is C15H25IN6O3S. The number of nitrogens with zero attached hydrogens (tertiary/aromatic N) is 4.